The molecule has 0 radical (unpaired) electrons. The predicted molar refractivity (Wildman–Crippen MR) is 72.7 cm³/mol. The van der Waals surface area contributed by atoms with E-state index in [-0.39, 0.29) is 5.97 Å². The maximum Gasteiger partial charge on any atom is 0.323 e. The number of esters is 1. The Balaban J connectivity index is 1.91. The van der Waals surface area contributed by atoms with Crippen molar-refractivity contribution in [3.63, 3.8) is 0 Å². The van der Waals surface area contributed by atoms with Crippen LogP contribution in [-0.2, 0) is 16.0 Å². The van der Waals surface area contributed by atoms with Gasteiger partial charge in [-0.25, -0.2) is 0 Å². The molecule has 1 aromatic rings. The number of nitrogens with zero attached hydrogens (tertiary/aromatic N) is 2. The molecule has 0 aromatic carbocycles. The Kier molecular flexibility index (Phi) is 4.96. The van der Waals surface area contributed by atoms with Crippen LogP contribution in [0.25, 0.3) is 0 Å². The van der Waals surface area contributed by atoms with Gasteiger partial charge in [0.15, 0.2) is 0 Å². The SMILES string of the molecule is CCOC(=O)C(N)Cc1cnn(C2CCCCC2)c1. The van der Waals surface area contributed by atoms with Crippen molar-refractivity contribution < 1.29 is 9.53 Å². The van der Waals surface area contributed by atoms with Crippen LogP contribution in [0.1, 0.15) is 50.6 Å². The first-order chi connectivity index (χ1) is 9.20. The van der Waals surface area contributed by atoms with Gasteiger partial charge in [-0.1, -0.05) is 19.3 Å². The summed E-state index contributed by atoms with van der Waals surface area (Å²) in [6.07, 6.45) is 10.6. The molecule has 19 heavy (non-hydrogen) atoms. The Morgan fingerprint density at radius 3 is 2.95 bits per heavy atom. The van der Waals surface area contributed by atoms with Gasteiger partial charge in [-0.3, -0.25) is 9.48 Å². The molecule has 0 spiro atoms. The Bertz CT molecular complexity index is 411. The highest BCUT2D eigenvalue weighted by molar-refractivity contribution is 5.75. The van der Waals surface area contributed by atoms with Gasteiger partial charge < -0.3 is 10.5 Å². The van der Waals surface area contributed by atoms with E-state index in [0.717, 1.165) is 5.56 Å². The molecule has 2 N–H and O–H groups in total. The van der Waals surface area contributed by atoms with Gasteiger partial charge in [0, 0.05) is 12.6 Å². The lowest BCUT2D eigenvalue weighted by molar-refractivity contribution is -0.144. The lowest BCUT2D eigenvalue weighted by atomic mass is 9.96. The van der Waals surface area contributed by atoms with Crippen LogP contribution in [-0.4, -0.2) is 28.4 Å². The minimum atomic E-state index is -0.594. The number of ether oxygens (including phenoxy) is 1. The summed E-state index contributed by atoms with van der Waals surface area (Å²) in [5.74, 6) is -0.340. The molecule has 2 rings (SSSR count). The van der Waals surface area contributed by atoms with Crippen LogP contribution >= 0.6 is 0 Å². The highest BCUT2D eigenvalue weighted by Gasteiger charge is 2.19. The van der Waals surface area contributed by atoms with Gasteiger partial charge in [-0.05, 0) is 25.3 Å². The van der Waals surface area contributed by atoms with Crippen molar-refractivity contribution in [1.29, 1.82) is 0 Å². The van der Waals surface area contributed by atoms with Gasteiger partial charge in [-0.15, -0.1) is 0 Å². The Hall–Kier alpha value is -1.36. The average molecular weight is 265 g/mol. The molecule has 106 valence electrons. The minimum Gasteiger partial charge on any atom is -0.465 e. The van der Waals surface area contributed by atoms with Crippen molar-refractivity contribution >= 4 is 5.97 Å². The maximum atomic E-state index is 11.5. The van der Waals surface area contributed by atoms with Gasteiger partial charge in [-0.2, -0.15) is 5.10 Å². The van der Waals surface area contributed by atoms with Crippen molar-refractivity contribution in [2.75, 3.05) is 6.61 Å². The third-order valence-corrected chi connectivity index (χ3v) is 3.65. The van der Waals surface area contributed by atoms with E-state index >= 15 is 0 Å². The number of carbonyl (C=O) groups is 1. The fraction of sp³-hybridized carbons (Fsp3) is 0.714. The van der Waals surface area contributed by atoms with E-state index < -0.39 is 6.04 Å². The highest BCUT2D eigenvalue weighted by Crippen LogP contribution is 2.27. The molecule has 1 aliphatic carbocycles. The quantitative estimate of drug-likeness (QED) is 0.824. The van der Waals surface area contributed by atoms with Crippen LogP contribution in [0.2, 0.25) is 0 Å². The standard InChI is InChI=1S/C14H23N3O2/c1-2-19-14(18)13(15)8-11-9-16-17(10-11)12-6-4-3-5-7-12/h9-10,12-13H,2-8,15H2,1H3. The largest absolute Gasteiger partial charge is 0.465 e. The zero-order valence-corrected chi connectivity index (χ0v) is 11.5. The van der Waals surface area contributed by atoms with E-state index in [0.29, 0.717) is 19.1 Å². The maximum absolute atomic E-state index is 11.5. The minimum absolute atomic E-state index is 0.340. The molecule has 1 fully saturated rings. The molecular weight excluding hydrogens is 242 g/mol. The van der Waals surface area contributed by atoms with Gasteiger partial charge in [0.25, 0.3) is 0 Å². The molecule has 1 saturated carbocycles. The van der Waals surface area contributed by atoms with Gasteiger partial charge >= 0.3 is 5.97 Å². The van der Waals surface area contributed by atoms with Crippen LogP contribution in [0.3, 0.4) is 0 Å². The third kappa shape index (κ3) is 3.80. The molecule has 1 atom stereocenters. The van der Waals surface area contributed by atoms with E-state index in [4.69, 9.17) is 10.5 Å². The van der Waals surface area contributed by atoms with E-state index in [1.54, 1.807) is 6.92 Å². The number of hydrogen-bond acceptors (Lipinski definition) is 4. The lowest BCUT2D eigenvalue weighted by Gasteiger charge is -2.21. The van der Waals surface area contributed by atoms with Gasteiger partial charge in [0.2, 0.25) is 0 Å². The second-order valence-corrected chi connectivity index (χ2v) is 5.18. The van der Waals surface area contributed by atoms with E-state index in [1.165, 1.54) is 32.1 Å². The normalized spacial score (nSPS) is 18.2. The van der Waals surface area contributed by atoms with Gasteiger partial charge in [0.1, 0.15) is 6.04 Å². The summed E-state index contributed by atoms with van der Waals surface area (Å²) in [6.45, 7) is 2.15. The number of aromatic nitrogens is 2. The zero-order valence-electron chi connectivity index (χ0n) is 11.5. The fourth-order valence-electron chi connectivity index (χ4n) is 2.61. The molecule has 0 amide bonds. The first-order valence-corrected chi connectivity index (χ1v) is 7.16. The van der Waals surface area contributed by atoms with E-state index in [2.05, 4.69) is 5.10 Å². The molecular formula is C14H23N3O2. The summed E-state index contributed by atoms with van der Waals surface area (Å²) >= 11 is 0. The van der Waals surface area contributed by atoms with E-state index in [9.17, 15) is 4.79 Å². The highest BCUT2D eigenvalue weighted by atomic mass is 16.5. The smallest absolute Gasteiger partial charge is 0.323 e. The first-order valence-electron chi connectivity index (χ1n) is 7.16. The molecule has 0 aliphatic heterocycles. The van der Waals surface area contributed by atoms with Crippen molar-refractivity contribution in [3.8, 4) is 0 Å². The zero-order chi connectivity index (χ0) is 13.7. The second kappa shape index (κ2) is 6.70. The van der Waals surface area contributed by atoms with Crippen molar-refractivity contribution in [2.45, 2.75) is 57.5 Å². The number of carbonyl (C=O) groups excluding carboxylic acids is 1. The van der Waals surface area contributed by atoms with Crippen LogP contribution in [0.15, 0.2) is 12.4 Å². The molecule has 5 nitrogen and oxygen atoms in total. The monoisotopic (exact) mass is 265 g/mol. The van der Waals surface area contributed by atoms with Crippen molar-refractivity contribution in [3.05, 3.63) is 18.0 Å². The van der Waals surface area contributed by atoms with Crippen LogP contribution in [0, 0.1) is 0 Å². The summed E-state index contributed by atoms with van der Waals surface area (Å²) in [6, 6.07) is -0.0785. The Labute approximate surface area is 114 Å². The number of rotatable bonds is 5. The van der Waals surface area contributed by atoms with Crippen LogP contribution in [0.5, 0.6) is 0 Å². The average Bonchev–Trinajstić information content (AvgIpc) is 2.88. The topological polar surface area (TPSA) is 70.1 Å². The molecule has 0 saturated heterocycles. The van der Waals surface area contributed by atoms with Crippen molar-refractivity contribution in [2.24, 2.45) is 5.73 Å². The molecule has 1 aliphatic rings. The van der Waals surface area contributed by atoms with E-state index in [1.807, 2.05) is 17.1 Å². The summed E-state index contributed by atoms with van der Waals surface area (Å²) in [5, 5.41) is 4.41. The Morgan fingerprint density at radius 2 is 2.26 bits per heavy atom. The Morgan fingerprint density at radius 1 is 1.53 bits per heavy atom. The lowest BCUT2D eigenvalue weighted by Crippen LogP contribution is -2.34. The summed E-state index contributed by atoms with van der Waals surface area (Å²) in [7, 11) is 0. The summed E-state index contributed by atoms with van der Waals surface area (Å²) in [4.78, 5) is 11.5. The van der Waals surface area contributed by atoms with Gasteiger partial charge in [0.05, 0.1) is 18.8 Å². The number of hydrogen-bond donors (Lipinski definition) is 1. The first kappa shape index (κ1) is 14.1. The summed E-state index contributed by atoms with van der Waals surface area (Å²) in [5.41, 5.74) is 6.82. The number of nitrogens with two attached hydrogens (primary N) is 1. The molecule has 5 heteroatoms. The second-order valence-electron chi connectivity index (χ2n) is 5.18. The molecule has 1 aromatic heterocycles. The fourth-order valence-corrected chi connectivity index (χ4v) is 2.61. The molecule has 0 bridgehead atoms. The molecule has 1 unspecified atom stereocenters. The van der Waals surface area contributed by atoms with Crippen molar-refractivity contribution in [1.82, 2.24) is 9.78 Å². The third-order valence-electron chi connectivity index (χ3n) is 3.65. The predicted octanol–water partition coefficient (Wildman–Crippen LogP) is 1.82. The van der Waals surface area contributed by atoms with Crippen LogP contribution < -0.4 is 5.73 Å². The molecule has 1 heterocycles. The summed E-state index contributed by atoms with van der Waals surface area (Å²) < 4.78 is 6.94. The van der Waals surface area contributed by atoms with Crippen LogP contribution in [0.4, 0.5) is 0 Å².